The van der Waals surface area contributed by atoms with Crippen molar-refractivity contribution in [3.05, 3.63) is 21.9 Å². The average Bonchev–Trinajstić information content (AvgIpc) is 2.92. The van der Waals surface area contributed by atoms with E-state index in [1.807, 2.05) is 16.7 Å². The third kappa shape index (κ3) is 3.28. The van der Waals surface area contributed by atoms with E-state index in [1.54, 1.807) is 11.3 Å². The predicted molar refractivity (Wildman–Crippen MR) is 79.1 cm³/mol. The van der Waals surface area contributed by atoms with Gasteiger partial charge in [-0.15, -0.1) is 11.3 Å². The van der Waals surface area contributed by atoms with Crippen molar-refractivity contribution in [1.82, 2.24) is 10.2 Å². The minimum absolute atomic E-state index is 0.102. The van der Waals surface area contributed by atoms with Crippen molar-refractivity contribution in [3.8, 4) is 0 Å². The lowest BCUT2D eigenvalue weighted by Crippen LogP contribution is -2.30. The van der Waals surface area contributed by atoms with Crippen LogP contribution >= 0.6 is 23.1 Å². The Labute approximate surface area is 117 Å². The summed E-state index contributed by atoms with van der Waals surface area (Å²) < 4.78 is 0. The van der Waals surface area contributed by atoms with Crippen LogP contribution in [0.15, 0.2) is 12.1 Å². The van der Waals surface area contributed by atoms with Crippen LogP contribution in [0, 0.1) is 6.92 Å². The smallest absolute Gasteiger partial charge is 0.238 e. The molecule has 100 valence electrons. The first kappa shape index (κ1) is 13.9. The molecule has 1 unspecified atom stereocenters. The molecule has 0 saturated carbocycles. The lowest BCUT2D eigenvalue weighted by molar-refractivity contribution is -0.128. The van der Waals surface area contributed by atoms with Gasteiger partial charge in [0.15, 0.2) is 0 Å². The number of amides is 1. The quantitative estimate of drug-likeness (QED) is 0.815. The Morgan fingerprint density at radius 3 is 3.00 bits per heavy atom. The minimum Gasteiger partial charge on any atom is -0.321 e. The van der Waals surface area contributed by atoms with Crippen LogP contribution in [0.4, 0.5) is 0 Å². The van der Waals surface area contributed by atoms with E-state index < -0.39 is 0 Å². The largest absolute Gasteiger partial charge is 0.321 e. The molecule has 0 spiro atoms. The molecule has 0 aliphatic carbocycles. The second-order valence-corrected chi connectivity index (χ2v) is 6.82. The van der Waals surface area contributed by atoms with Gasteiger partial charge in [-0.05, 0) is 43.9 Å². The SMILES string of the molecule is CSCCCCN1C(=O)CNC1c1ccc(C)s1. The highest BCUT2D eigenvalue weighted by Crippen LogP contribution is 2.28. The fraction of sp³-hybridized carbons (Fsp3) is 0.615. The summed E-state index contributed by atoms with van der Waals surface area (Å²) in [4.78, 5) is 16.4. The van der Waals surface area contributed by atoms with Crippen LogP contribution in [0.1, 0.15) is 28.8 Å². The van der Waals surface area contributed by atoms with Crippen LogP contribution in [-0.2, 0) is 4.79 Å². The number of carbonyl (C=O) groups excluding carboxylic acids is 1. The van der Waals surface area contributed by atoms with Crippen molar-refractivity contribution >= 4 is 29.0 Å². The molecule has 1 aromatic heterocycles. The van der Waals surface area contributed by atoms with Crippen molar-refractivity contribution < 1.29 is 4.79 Å². The van der Waals surface area contributed by atoms with Gasteiger partial charge in [-0.2, -0.15) is 11.8 Å². The van der Waals surface area contributed by atoms with E-state index in [4.69, 9.17) is 0 Å². The molecular weight excluding hydrogens is 264 g/mol. The third-order valence-corrected chi connectivity index (χ3v) is 4.86. The number of carbonyl (C=O) groups is 1. The summed E-state index contributed by atoms with van der Waals surface area (Å²) >= 11 is 3.64. The maximum Gasteiger partial charge on any atom is 0.238 e. The number of nitrogens with one attached hydrogen (secondary N) is 1. The van der Waals surface area contributed by atoms with Gasteiger partial charge in [0.1, 0.15) is 6.17 Å². The molecule has 3 nitrogen and oxygen atoms in total. The van der Waals surface area contributed by atoms with E-state index in [2.05, 4.69) is 30.6 Å². The van der Waals surface area contributed by atoms with Gasteiger partial charge in [-0.25, -0.2) is 0 Å². The van der Waals surface area contributed by atoms with E-state index in [-0.39, 0.29) is 12.1 Å². The van der Waals surface area contributed by atoms with E-state index >= 15 is 0 Å². The van der Waals surface area contributed by atoms with E-state index in [0.29, 0.717) is 6.54 Å². The average molecular weight is 284 g/mol. The molecule has 1 saturated heterocycles. The maximum absolute atomic E-state index is 11.9. The number of hydrogen-bond acceptors (Lipinski definition) is 4. The van der Waals surface area contributed by atoms with Crippen molar-refractivity contribution in [2.75, 3.05) is 25.1 Å². The molecule has 0 bridgehead atoms. The molecule has 1 aromatic rings. The zero-order valence-electron chi connectivity index (χ0n) is 10.9. The number of rotatable bonds is 6. The summed E-state index contributed by atoms with van der Waals surface area (Å²) in [7, 11) is 0. The molecule has 18 heavy (non-hydrogen) atoms. The molecule has 2 heterocycles. The fourth-order valence-corrected chi connectivity index (χ4v) is 3.64. The Morgan fingerprint density at radius 2 is 2.33 bits per heavy atom. The number of unbranched alkanes of at least 4 members (excludes halogenated alkanes) is 1. The Kier molecular flexibility index (Phi) is 5.09. The second-order valence-electron chi connectivity index (χ2n) is 4.52. The molecule has 1 fully saturated rings. The molecular formula is C13H20N2OS2. The van der Waals surface area contributed by atoms with Crippen molar-refractivity contribution in [2.45, 2.75) is 25.9 Å². The van der Waals surface area contributed by atoms with Crippen LogP contribution in [0.2, 0.25) is 0 Å². The van der Waals surface area contributed by atoms with Gasteiger partial charge in [0.25, 0.3) is 0 Å². The summed E-state index contributed by atoms with van der Waals surface area (Å²) in [6, 6.07) is 4.25. The highest BCUT2D eigenvalue weighted by atomic mass is 32.2. The summed E-state index contributed by atoms with van der Waals surface area (Å²) in [6.07, 6.45) is 4.50. The van der Waals surface area contributed by atoms with Gasteiger partial charge >= 0.3 is 0 Å². The zero-order valence-corrected chi connectivity index (χ0v) is 12.6. The molecule has 1 atom stereocenters. The molecule has 2 rings (SSSR count). The minimum atomic E-state index is 0.102. The number of thioether (sulfide) groups is 1. The Morgan fingerprint density at radius 1 is 1.50 bits per heavy atom. The maximum atomic E-state index is 11.9. The van der Waals surface area contributed by atoms with Gasteiger partial charge in [0, 0.05) is 16.3 Å². The number of nitrogens with zero attached hydrogens (tertiary/aromatic N) is 1. The lowest BCUT2D eigenvalue weighted by Gasteiger charge is -2.23. The normalized spacial score (nSPS) is 19.8. The van der Waals surface area contributed by atoms with Crippen molar-refractivity contribution in [3.63, 3.8) is 0 Å². The molecule has 5 heteroatoms. The lowest BCUT2D eigenvalue weighted by atomic mass is 10.3. The Hall–Kier alpha value is -0.520. The van der Waals surface area contributed by atoms with Crippen LogP contribution in [-0.4, -0.2) is 35.9 Å². The monoisotopic (exact) mass is 284 g/mol. The van der Waals surface area contributed by atoms with Gasteiger partial charge in [-0.3, -0.25) is 10.1 Å². The highest BCUT2D eigenvalue weighted by Gasteiger charge is 2.31. The first-order valence-electron chi connectivity index (χ1n) is 6.30. The van der Waals surface area contributed by atoms with E-state index in [9.17, 15) is 4.79 Å². The van der Waals surface area contributed by atoms with Crippen LogP contribution < -0.4 is 5.32 Å². The predicted octanol–water partition coefficient (Wildman–Crippen LogP) is 2.63. The molecule has 1 aliphatic heterocycles. The standard InChI is InChI=1S/C13H20N2OS2/c1-10-5-6-11(18-10)13-14-9-12(16)15(13)7-3-4-8-17-2/h5-6,13-14H,3-4,7-9H2,1-2H3. The van der Waals surface area contributed by atoms with Crippen LogP contribution in [0.25, 0.3) is 0 Å². The summed E-state index contributed by atoms with van der Waals surface area (Å²) in [6.45, 7) is 3.45. The molecule has 0 radical (unpaired) electrons. The van der Waals surface area contributed by atoms with Crippen LogP contribution in [0.5, 0.6) is 0 Å². The van der Waals surface area contributed by atoms with Crippen molar-refractivity contribution in [1.29, 1.82) is 0 Å². The Balaban J connectivity index is 1.95. The molecule has 0 aromatic carbocycles. The van der Waals surface area contributed by atoms with Crippen molar-refractivity contribution in [2.24, 2.45) is 0 Å². The third-order valence-electron chi connectivity index (χ3n) is 3.11. The number of aryl methyl sites for hydroxylation is 1. The summed E-state index contributed by atoms with van der Waals surface area (Å²) in [5, 5.41) is 3.31. The number of hydrogen-bond donors (Lipinski definition) is 1. The van der Waals surface area contributed by atoms with E-state index in [1.165, 1.54) is 21.9 Å². The fourth-order valence-electron chi connectivity index (χ4n) is 2.18. The molecule has 1 aliphatic rings. The zero-order chi connectivity index (χ0) is 13.0. The van der Waals surface area contributed by atoms with E-state index in [0.717, 1.165) is 13.0 Å². The van der Waals surface area contributed by atoms with Gasteiger partial charge in [0.05, 0.1) is 6.54 Å². The second kappa shape index (κ2) is 6.59. The van der Waals surface area contributed by atoms with Crippen LogP contribution in [0.3, 0.4) is 0 Å². The highest BCUT2D eigenvalue weighted by molar-refractivity contribution is 7.98. The van der Waals surface area contributed by atoms with Gasteiger partial charge in [0.2, 0.25) is 5.91 Å². The molecule has 1 amide bonds. The van der Waals surface area contributed by atoms with Gasteiger partial charge in [-0.1, -0.05) is 0 Å². The summed E-state index contributed by atoms with van der Waals surface area (Å²) in [5.41, 5.74) is 0. The number of thiophene rings is 1. The first-order valence-corrected chi connectivity index (χ1v) is 8.51. The molecule has 1 N–H and O–H groups in total. The van der Waals surface area contributed by atoms with Gasteiger partial charge < -0.3 is 4.90 Å². The first-order chi connectivity index (χ1) is 8.72. The Bertz CT molecular complexity index is 405. The topological polar surface area (TPSA) is 32.3 Å². The summed E-state index contributed by atoms with van der Waals surface area (Å²) in [5.74, 6) is 1.41.